The minimum atomic E-state index is -0.323. The lowest BCUT2D eigenvalue weighted by atomic mass is 9.95. The van der Waals surface area contributed by atoms with Gasteiger partial charge in [-0.1, -0.05) is 19.9 Å². The molecule has 1 N–H and O–H groups in total. The smallest absolute Gasteiger partial charge is 0.228 e. The van der Waals surface area contributed by atoms with Gasteiger partial charge in [0.05, 0.1) is 12.5 Å². The second-order valence-corrected chi connectivity index (χ2v) is 4.59. The van der Waals surface area contributed by atoms with Crippen LogP contribution in [-0.4, -0.2) is 34.6 Å². The van der Waals surface area contributed by atoms with Crippen molar-refractivity contribution in [1.82, 2.24) is 9.88 Å². The topological polar surface area (TPSA) is 53.4 Å². The molecule has 4 heteroatoms. The highest BCUT2D eigenvalue weighted by molar-refractivity contribution is 5.78. The van der Waals surface area contributed by atoms with Crippen LogP contribution in [-0.2, 0) is 11.3 Å². The van der Waals surface area contributed by atoms with E-state index in [2.05, 4.69) is 4.98 Å². The van der Waals surface area contributed by atoms with Gasteiger partial charge >= 0.3 is 0 Å². The van der Waals surface area contributed by atoms with Crippen molar-refractivity contribution in [3.63, 3.8) is 0 Å². The first-order valence-corrected chi connectivity index (χ1v) is 5.81. The Bertz CT molecular complexity index is 352. The molecule has 94 valence electrons. The van der Waals surface area contributed by atoms with Crippen LogP contribution in [0.2, 0.25) is 0 Å². The van der Waals surface area contributed by atoms with Gasteiger partial charge in [-0.25, -0.2) is 0 Å². The van der Waals surface area contributed by atoms with Crippen LogP contribution in [0.15, 0.2) is 24.5 Å². The van der Waals surface area contributed by atoms with E-state index < -0.39 is 0 Å². The van der Waals surface area contributed by atoms with Gasteiger partial charge < -0.3 is 10.0 Å². The van der Waals surface area contributed by atoms with E-state index >= 15 is 0 Å². The number of aromatic nitrogens is 1. The van der Waals surface area contributed by atoms with Gasteiger partial charge in [0.15, 0.2) is 0 Å². The number of carbonyl (C=O) groups is 1. The molecule has 0 radical (unpaired) electrons. The van der Waals surface area contributed by atoms with Crippen LogP contribution >= 0.6 is 0 Å². The molecular formula is C13H20N2O2. The van der Waals surface area contributed by atoms with Crippen LogP contribution < -0.4 is 0 Å². The van der Waals surface area contributed by atoms with Crippen LogP contribution in [0.4, 0.5) is 0 Å². The summed E-state index contributed by atoms with van der Waals surface area (Å²) < 4.78 is 0. The normalized spacial score (nSPS) is 12.5. The van der Waals surface area contributed by atoms with Crippen molar-refractivity contribution < 1.29 is 9.90 Å². The molecule has 17 heavy (non-hydrogen) atoms. The number of amides is 1. The summed E-state index contributed by atoms with van der Waals surface area (Å²) >= 11 is 0. The predicted molar refractivity (Wildman–Crippen MR) is 66.1 cm³/mol. The van der Waals surface area contributed by atoms with E-state index in [0.717, 1.165) is 5.56 Å². The molecule has 0 aromatic carbocycles. The number of rotatable bonds is 5. The number of pyridine rings is 1. The molecule has 1 aromatic rings. The first-order valence-electron chi connectivity index (χ1n) is 5.81. The van der Waals surface area contributed by atoms with E-state index in [0.29, 0.717) is 6.54 Å². The molecule has 0 fully saturated rings. The summed E-state index contributed by atoms with van der Waals surface area (Å²) in [6, 6.07) is 3.78. The zero-order valence-corrected chi connectivity index (χ0v) is 10.6. The fourth-order valence-electron chi connectivity index (χ4n) is 1.70. The first kappa shape index (κ1) is 13.6. The fraction of sp³-hybridized carbons (Fsp3) is 0.538. The quantitative estimate of drug-likeness (QED) is 0.838. The van der Waals surface area contributed by atoms with Gasteiger partial charge in [0.25, 0.3) is 0 Å². The molecular weight excluding hydrogens is 216 g/mol. The van der Waals surface area contributed by atoms with Crippen molar-refractivity contribution in [2.24, 2.45) is 11.8 Å². The van der Waals surface area contributed by atoms with E-state index in [4.69, 9.17) is 0 Å². The molecule has 0 aliphatic heterocycles. The Labute approximate surface area is 102 Å². The van der Waals surface area contributed by atoms with E-state index in [1.54, 1.807) is 24.3 Å². The van der Waals surface area contributed by atoms with E-state index in [1.807, 2.05) is 26.0 Å². The van der Waals surface area contributed by atoms with Gasteiger partial charge in [-0.3, -0.25) is 9.78 Å². The largest absolute Gasteiger partial charge is 0.396 e. The second kappa shape index (κ2) is 6.35. The maximum atomic E-state index is 12.1. The highest BCUT2D eigenvalue weighted by Crippen LogP contribution is 2.14. The zero-order chi connectivity index (χ0) is 12.8. The van der Waals surface area contributed by atoms with Gasteiger partial charge in [0.1, 0.15) is 0 Å². The molecule has 4 nitrogen and oxygen atoms in total. The molecule has 0 saturated carbocycles. The molecule has 0 aliphatic carbocycles. The fourth-order valence-corrected chi connectivity index (χ4v) is 1.70. The average molecular weight is 236 g/mol. The Balaban J connectivity index is 2.64. The summed E-state index contributed by atoms with van der Waals surface area (Å²) in [6.45, 7) is 4.30. The Morgan fingerprint density at radius 1 is 1.53 bits per heavy atom. The Kier molecular flexibility index (Phi) is 5.10. The summed E-state index contributed by atoms with van der Waals surface area (Å²) in [4.78, 5) is 17.7. The standard InChI is InChI=1S/C13H20N2O2/c1-10(2)12(9-16)13(17)15(3)8-11-5-4-6-14-7-11/h4-7,10,12,16H,8-9H2,1-3H3. The SMILES string of the molecule is CC(C)C(CO)C(=O)N(C)Cc1cccnc1. The number of aliphatic hydroxyl groups is 1. The number of hydrogen-bond acceptors (Lipinski definition) is 3. The number of nitrogens with zero attached hydrogens (tertiary/aromatic N) is 2. The molecule has 0 spiro atoms. The van der Waals surface area contributed by atoms with E-state index in [-0.39, 0.29) is 24.3 Å². The number of aliphatic hydroxyl groups excluding tert-OH is 1. The monoisotopic (exact) mass is 236 g/mol. The summed E-state index contributed by atoms with van der Waals surface area (Å²) in [5.41, 5.74) is 0.990. The lowest BCUT2D eigenvalue weighted by molar-refractivity contribution is -0.137. The molecule has 1 heterocycles. The summed E-state index contributed by atoms with van der Waals surface area (Å²) in [6.07, 6.45) is 3.45. The van der Waals surface area contributed by atoms with E-state index in [1.165, 1.54) is 0 Å². The third-order valence-corrected chi connectivity index (χ3v) is 2.84. The lowest BCUT2D eigenvalue weighted by Crippen LogP contribution is -2.36. The Morgan fingerprint density at radius 3 is 2.71 bits per heavy atom. The molecule has 1 unspecified atom stereocenters. The third-order valence-electron chi connectivity index (χ3n) is 2.84. The molecule has 1 rings (SSSR count). The minimum absolute atomic E-state index is 0.0219. The molecule has 1 atom stereocenters. The average Bonchev–Trinajstić information content (AvgIpc) is 2.30. The van der Waals surface area contributed by atoms with Crippen LogP contribution in [0.5, 0.6) is 0 Å². The van der Waals surface area contributed by atoms with Crippen LogP contribution in [0.1, 0.15) is 19.4 Å². The van der Waals surface area contributed by atoms with Crippen molar-refractivity contribution in [2.75, 3.05) is 13.7 Å². The van der Waals surface area contributed by atoms with E-state index in [9.17, 15) is 9.90 Å². The van der Waals surface area contributed by atoms with Gasteiger partial charge in [-0.2, -0.15) is 0 Å². The zero-order valence-electron chi connectivity index (χ0n) is 10.6. The first-order chi connectivity index (χ1) is 8.06. The number of hydrogen-bond donors (Lipinski definition) is 1. The van der Waals surface area contributed by atoms with Crippen LogP contribution in [0.3, 0.4) is 0 Å². The minimum Gasteiger partial charge on any atom is -0.396 e. The molecule has 1 aromatic heterocycles. The predicted octanol–water partition coefficient (Wildman–Crippen LogP) is 1.30. The molecule has 1 amide bonds. The maximum absolute atomic E-state index is 12.1. The molecule has 0 saturated heterocycles. The van der Waals surface area contributed by atoms with Crippen molar-refractivity contribution in [3.8, 4) is 0 Å². The lowest BCUT2D eigenvalue weighted by Gasteiger charge is -2.24. The Hall–Kier alpha value is -1.42. The summed E-state index contributed by atoms with van der Waals surface area (Å²) in [5, 5.41) is 9.22. The van der Waals surface area contributed by atoms with Crippen LogP contribution in [0.25, 0.3) is 0 Å². The van der Waals surface area contributed by atoms with Gasteiger partial charge in [-0.05, 0) is 17.5 Å². The van der Waals surface area contributed by atoms with Crippen molar-refractivity contribution in [1.29, 1.82) is 0 Å². The third kappa shape index (κ3) is 3.82. The van der Waals surface area contributed by atoms with Gasteiger partial charge in [-0.15, -0.1) is 0 Å². The highest BCUT2D eigenvalue weighted by Gasteiger charge is 2.24. The molecule has 0 aliphatic rings. The number of carbonyl (C=O) groups excluding carboxylic acids is 1. The highest BCUT2D eigenvalue weighted by atomic mass is 16.3. The van der Waals surface area contributed by atoms with Gasteiger partial charge in [0, 0.05) is 26.0 Å². The second-order valence-electron chi connectivity index (χ2n) is 4.59. The van der Waals surface area contributed by atoms with Crippen molar-refractivity contribution in [3.05, 3.63) is 30.1 Å². The Morgan fingerprint density at radius 2 is 2.24 bits per heavy atom. The van der Waals surface area contributed by atoms with Crippen LogP contribution in [0, 0.1) is 11.8 Å². The maximum Gasteiger partial charge on any atom is 0.228 e. The summed E-state index contributed by atoms with van der Waals surface area (Å²) in [5.74, 6) is -0.202. The van der Waals surface area contributed by atoms with Gasteiger partial charge in [0.2, 0.25) is 5.91 Å². The molecule has 0 bridgehead atoms. The van der Waals surface area contributed by atoms with Crippen molar-refractivity contribution >= 4 is 5.91 Å². The van der Waals surface area contributed by atoms with Crippen molar-refractivity contribution in [2.45, 2.75) is 20.4 Å². The summed E-state index contributed by atoms with van der Waals surface area (Å²) in [7, 11) is 1.75.